The molecule has 2 saturated heterocycles. The second kappa shape index (κ2) is 26.0. The molecule has 3 N–H and O–H groups in total. The van der Waals surface area contributed by atoms with Gasteiger partial charge < -0.3 is 30.7 Å². The van der Waals surface area contributed by atoms with Crippen LogP contribution < -0.4 is 11.1 Å². The molecule has 0 radical (unpaired) electrons. The van der Waals surface area contributed by atoms with E-state index in [9.17, 15) is 26.4 Å². The summed E-state index contributed by atoms with van der Waals surface area (Å²) in [5.74, 6) is 1.44. The smallest absolute Gasteiger partial charge is 0.255 e. The summed E-state index contributed by atoms with van der Waals surface area (Å²) in [6, 6.07) is 25.5. The molecule has 2 unspecified atom stereocenters. The first-order valence-electron chi connectivity index (χ1n) is 24.7. The van der Waals surface area contributed by atoms with Crippen LogP contribution in [0.25, 0.3) is 0 Å². The lowest BCUT2D eigenvalue weighted by molar-refractivity contribution is 0.102. The predicted molar refractivity (Wildman–Crippen MR) is 288 cm³/mol. The van der Waals surface area contributed by atoms with Crippen molar-refractivity contribution in [2.24, 2.45) is 11.8 Å². The van der Waals surface area contributed by atoms with E-state index in [2.05, 4.69) is 83.2 Å². The van der Waals surface area contributed by atoms with Gasteiger partial charge in [0.2, 0.25) is 0 Å². The number of carbonyl (C=O) groups excluding carboxylic acids is 2. The number of piperidine rings is 2. The number of benzene rings is 4. The Morgan fingerprint density at radius 2 is 1.03 bits per heavy atom. The molecular weight excluding hydrogens is 940 g/mol. The van der Waals surface area contributed by atoms with Crippen molar-refractivity contribution in [2.45, 2.75) is 107 Å². The summed E-state index contributed by atoms with van der Waals surface area (Å²) in [5.41, 5.74) is 14.1. The van der Waals surface area contributed by atoms with Crippen molar-refractivity contribution >= 4 is 53.8 Å². The van der Waals surface area contributed by atoms with Crippen molar-refractivity contribution in [3.8, 4) is 0 Å². The number of nitrogens with two attached hydrogens (primary N) is 1. The first-order chi connectivity index (χ1) is 32.8. The molecule has 12 nitrogen and oxygen atoms in total. The Morgan fingerprint density at radius 1 is 0.614 bits per heavy atom. The highest BCUT2D eigenvalue weighted by atomic mass is 35.5. The molecular formula is C55H79ClN6O6S2. The number of hydrogen-bond acceptors (Lipinski definition) is 11. The lowest BCUT2D eigenvalue weighted by Gasteiger charge is -2.38. The van der Waals surface area contributed by atoms with Crippen LogP contribution in [0.4, 0.5) is 11.4 Å². The van der Waals surface area contributed by atoms with Crippen LogP contribution in [-0.4, -0.2) is 139 Å². The minimum Gasteiger partial charge on any atom is -0.399 e. The first kappa shape index (κ1) is 56.8. The highest BCUT2D eigenvalue weighted by Gasteiger charge is 2.29. The molecule has 4 aromatic carbocycles. The van der Waals surface area contributed by atoms with Gasteiger partial charge in [0.15, 0.2) is 19.7 Å². The molecule has 4 aromatic rings. The lowest BCUT2D eigenvalue weighted by atomic mass is 9.86. The Balaban J connectivity index is 0.000000217. The Morgan fingerprint density at radius 3 is 1.44 bits per heavy atom. The van der Waals surface area contributed by atoms with Gasteiger partial charge in [-0.15, -0.1) is 0 Å². The van der Waals surface area contributed by atoms with Gasteiger partial charge in [-0.05, 0) is 236 Å². The Labute approximate surface area is 425 Å². The molecule has 15 heteroatoms. The Kier molecular flexibility index (Phi) is 21.1. The van der Waals surface area contributed by atoms with E-state index in [1.54, 1.807) is 12.1 Å². The fraction of sp³-hybridized carbons (Fsp3) is 0.527. The molecule has 2 aliphatic heterocycles. The van der Waals surface area contributed by atoms with Gasteiger partial charge in [0, 0.05) is 60.2 Å². The zero-order chi connectivity index (χ0) is 49.9. The minimum absolute atomic E-state index is 0. The molecule has 4 aliphatic rings. The van der Waals surface area contributed by atoms with E-state index < -0.39 is 24.9 Å². The van der Waals surface area contributed by atoms with E-state index in [1.165, 1.54) is 156 Å². The number of sulfone groups is 2. The van der Waals surface area contributed by atoms with Crippen LogP contribution in [-0.2, 0) is 45.4 Å². The van der Waals surface area contributed by atoms with Crippen LogP contribution in [0.15, 0.2) is 94.7 Å². The lowest BCUT2D eigenvalue weighted by Crippen LogP contribution is -2.44. The number of rotatable bonds is 13. The number of nitrogens with zero attached hydrogens (tertiary/aromatic N) is 4. The van der Waals surface area contributed by atoms with Gasteiger partial charge in [-0.25, -0.2) is 16.8 Å². The van der Waals surface area contributed by atoms with Crippen LogP contribution in [0.3, 0.4) is 0 Å². The number of fused-ring (bicyclic) bond motifs is 2. The van der Waals surface area contributed by atoms with Crippen molar-refractivity contribution in [3.05, 3.63) is 118 Å². The van der Waals surface area contributed by atoms with Crippen molar-refractivity contribution < 1.29 is 26.4 Å². The molecule has 2 fully saturated rings. The third kappa shape index (κ3) is 16.4. The summed E-state index contributed by atoms with van der Waals surface area (Å²) in [6.07, 6.45) is 14.5. The van der Waals surface area contributed by atoms with Gasteiger partial charge >= 0.3 is 0 Å². The van der Waals surface area contributed by atoms with Crippen LogP contribution in [0.5, 0.6) is 0 Å². The van der Waals surface area contributed by atoms with E-state index in [0.717, 1.165) is 55.1 Å². The van der Waals surface area contributed by atoms with Gasteiger partial charge in [-0.1, -0.05) is 33.4 Å². The van der Waals surface area contributed by atoms with Crippen molar-refractivity contribution in [1.82, 2.24) is 19.6 Å². The quantitative estimate of drug-likeness (QED) is 0.0977. The average Bonchev–Trinajstić information content (AvgIpc) is 3.33. The molecule has 2 heterocycles. The Hall–Kier alpha value is -4.15. The number of likely N-dealkylation sites (N-methyl/N-ethyl adjacent to an activating group) is 2. The number of hydrogen-bond donors (Lipinski definition) is 2. The zero-order valence-corrected chi connectivity index (χ0v) is 44.0. The topological polar surface area (TPSA) is 153 Å². The van der Waals surface area contributed by atoms with E-state index in [0.29, 0.717) is 17.6 Å². The molecule has 0 saturated carbocycles. The summed E-state index contributed by atoms with van der Waals surface area (Å²) in [5, 5.41) is 2.39. The van der Waals surface area contributed by atoms with Crippen molar-refractivity contribution in [3.63, 3.8) is 0 Å². The second-order valence-corrected chi connectivity index (χ2v) is 24.2. The fourth-order valence-corrected chi connectivity index (χ4v) is 11.7. The number of nitrogen functional groups attached to an aromatic ring is 1. The minimum atomic E-state index is -3.28. The number of nitrogens with one attached hydrogen (secondary N) is 1. The third-order valence-corrected chi connectivity index (χ3v) is 17.1. The van der Waals surface area contributed by atoms with Gasteiger partial charge in [0.05, 0.1) is 9.79 Å². The number of aryl methyl sites for hydroxylation is 2. The van der Waals surface area contributed by atoms with E-state index >= 15 is 0 Å². The number of amides is 1. The van der Waals surface area contributed by atoms with Gasteiger partial charge in [-0.2, -0.15) is 0 Å². The summed E-state index contributed by atoms with van der Waals surface area (Å²) in [4.78, 5) is 34.1. The van der Waals surface area contributed by atoms with Crippen LogP contribution in [0.2, 0.25) is 0 Å². The maximum Gasteiger partial charge on any atom is 0.255 e. The highest BCUT2D eigenvalue weighted by molar-refractivity contribution is 7.91. The van der Waals surface area contributed by atoms with E-state index in [4.69, 9.17) is 17.3 Å². The molecule has 2 atom stereocenters. The van der Waals surface area contributed by atoms with E-state index in [1.807, 2.05) is 6.07 Å². The summed E-state index contributed by atoms with van der Waals surface area (Å²) in [7, 11) is -2.02. The number of halogens is 1. The zero-order valence-electron chi connectivity index (χ0n) is 41.6. The molecule has 0 aromatic heterocycles. The van der Waals surface area contributed by atoms with Crippen molar-refractivity contribution in [2.75, 3.05) is 90.0 Å². The summed E-state index contributed by atoms with van der Waals surface area (Å²) < 4.78 is 45.3. The van der Waals surface area contributed by atoms with Crippen LogP contribution >= 0.6 is 11.6 Å². The monoisotopic (exact) mass is 1020 g/mol. The molecule has 8 rings (SSSR count). The van der Waals surface area contributed by atoms with Crippen LogP contribution in [0.1, 0.15) is 103 Å². The number of carbonyl (C=O) groups is 2. The molecule has 1 amide bonds. The fourth-order valence-electron chi connectivity index (χ4n) is 10.3. The van der Waals surface area contributed by atoms with Crippen LogP contribution in [0, 0.1) is 11.8 Å². The largest absolute Gasteiger partial charge is 0.399 e. The maximum absolute atomic E-state index is 12.7. The molecule has 0 bridgehead atoms. The number of anilines is 2. The molecule has 70 heavy (non-hydrogen) atoms. The predicted octanol–water partition coefficient (Wildman–Crippen LogP) is 8.76. The molecule has 0 spiro atoms. The third-order valence-electron chi connectivity index (χ3n) is 14.7. The van der Waals surface area contributed by atoms with Gasteiger partial charge in [0.1, 0.15) is 0 Å². The molecule has 384 valence electrons. The molecule has 2 aliphatic carbocycles. The van der Waals surface area contributed by atoms with Crippen molar-refractivity contribution in [1.29, 1.82) is 0 Å². The summed E-state index contributed by atoms with van der Waals surface area (Å²) in [6.45, 7) is 14.3. The standard InChI is InChI=1S/C27H37N3O3S.C19H31N3.C8H7ClO3S.CH4/c1-4-30(19-20-13-15-29(2)16-14-20)25-10-6-21-5-9-24(17-23(21)18-25)28-27(31)22-7-11-26(12-8-22)34(3,32)33;1-3-22(14-15-8-10-21(2)11-9-15)19-7-5-16-4-6-18(20)12-17(16)13-19;1-13(11,12)7-4-2-6(3-5-7)8(9)10;/h5,7-9,11-12,17,20,25H,4,6,10,13-16,18-19H2,1-3H3,(H,28,31);4,6,12,15,19H,3,5,7-11,13-14,20H2,1-2H3;2-5H,1H3;1H4. The van der Waals surface area contributed by atoms with E-state index in [-0.39, 0.29) is 28.7 Å². The normalized spacial score (nSPS) is 19.1. The highest BCUT2D eigenvalue weighted by Crippen LogP contribution is 2.31. The maximum atomic E-state index is 12.7. The first-order valence-corrected chi connectivity index (χ1v) is 28.9. The van der Waals surface area contributed by atoms with Gasteiger partial charge in [-0.3, -0.25) is 9.59 Å². The van der Waals surface area contributed by atoms with Gasteiger partial charge in [0.25, 0.3) is 11.1 Å². The Bertz CT molecular complexity index is 2560. The SMILES string of the molecule is C.CCN(CC1CCN(C)CC1)C1CCc2ccc(N)cc2C1.CCN(CC1CCN(C)CC1)C1CCc2ccc(NC(=O)c3ccc(S(C)(=O)=O)cc3)cc2C1.CS(=O)(=O)c1ccc(C(=O)Cl)cc1. The average molecular weight is 1020 g/mol. The summed E-state index contributed by atoms with van der Waals surface area (Å²) >= 11 is 5.18. The second-order valence-electron chi connectivity index (χ2n) is 19.8. The number of likely N-dealkylation sites (tertiary alicyclic amines) is 2.